The van der Waals surface area contributed by atoms with Gasteiger partial charge in [0.05, 0.1) is 24.5 Å². The first-order chi connectivity index (χ1) is 12.7. The number of nitrogens with one attached hydrogen (secondary N) is 1. The topological polar surface area (TPSA) is 76.5 Å². The molecular formula is C19H24N4O3. The fourth-order valence-corrected chi connectivity index (χ4v) is 3.19. The number of benzene rings is 1. The van der Waals surface area contributed by atoms with E-state index < -0.39 is 0 Å². The van der Waals surface area contributed by atoms with Gasteiger partial charge in [-0.3, -0.25) is 9.59 Å². The second-order valence-corrected chi connectivity index (χ2v) is 6.38. The van der Waals surface area contributed by atoms with Crippen molar-refractivity contribution in [2.45, 2.75) is 19.4 Å². The maximum atomic E-state index is 12.6. The summed E-state index contributed by atoms with van der Waals surface area (Å²) in [6.45, 7) is 1.91. The molecule has 3 rings (SSSR count). The lowest BCUT2D eigenvalue weighted by molar-refractivity contribution is -0.138. The second-order valence-electron chi connectivity index (χ2n) is 6.38. The maximum absolute atomic E-state index is 12.6. The molecule has 0 saturated carbocycles. The number of hydrogen-bond acceptors (Lipinski definition) is 4. The van der Waals surface area contributed by atoms with E-state index in [1.807, 2.05) is 35.0 Å². The number of carbonyl (C=O) groups excluding carboxylic acids is 2. The summed E-state index contributed by atoms with van der Waals surface area (Å²) in [7, 11) is 1.61. The van der Waals surface area contributed by atoms with Gasteiger partial charge in [-0.25, -0.2) is 4.98 Å². The summed E-state index contributed by atoms with van der Waals surface area (Å²) >= 11 is 0. The fraction of sp³-hybridized carbons (Fsp3) is 0.421. The molecule has 1 atom stereocenters. The number of carbonyl (C=O) groups is 2. The van der Waals surface area contributed by atoms with Crippen LogP contribution in [-0.4, -0.2) is 53.1 Å². The Labute approximate surface area is 153 Å². The Balaban J connectivity index is 1.60. The summed E-state index contributed by atoms with van der Waals surface area (Å²) in [4.78, 5) is 30.3. The molecule has 26 heavy (non-hydrogen) atoms. The quantitative estimate of drug-likeness (QED) is 0.813. The minimum atomic E-state index is -0.176. The number of methoxy groups -OCH3 is 1. The minimum absolute atomic E-state index is 0.0136. The van der Waals surface area contributed by atoms with Gasteiger partial charge in [0.25, 0.3) is 0 Å². The lowest BCUT2D eigenvalue weighted by Crippen LogP contribution is -2.46. The molecule has 1 fully saturated rings. The van der Waals surface area contributed by atoms with Gasteiger partial charge in [0.15, 0.2) is 0 Å². The molecule has 0 bridgehead atoms. The van der Waals surface area contributed by atoms with Crippen molar-refractivity contribution in [2.75, 3.05) is 26.8 Å². The van der Waals surface area contributed by atoms with Crippen LogP contribution < -0.4 is 5.32 Å². The van der Waals surface area contributed by atoms with Crippen LogP contribution in [0.3, 0.4) is 0 Å². The third-order valence-electron chi connectivity index (χ3n) is 4.66. The Morgan fingerprint density at radius 2 is 2.23 bits per heavy atom. The van der Waals surface area contributed by atoms with Crippen molar-refractivity contribution in [3.8, 4) is 5.69 Å². The highest BCUT2D eigenvalue weighted by atomic mass is 16.5. The van der Waals surface area contributed by atoms with E-state index in [9.17, 15) is 9.59 Å². The molecule has 0 spiro atoms. The molecule has 1 N–H and O–H groups in total. The molecule has 7 nitrogen and oxygen atoms in total. The molecule has 138 valence electrons. The number of aromatic nitrogens is 2. The zero-order valence-electron chi connectivity index (χ0n) is 14.9. The summed E-state index contributed by atoms with van der Waals surface area (Å²) in [6.07, 6.45) is 6.34. The number of likely N-dealkylation sites (tertiary alicyclic amines) is 1. The van der Waals surface area contributed by atoms with Crippen molar-refractivity contribution in [3.63, 3.8) is 0 Å². The average molecular weight is 356 g/mol. The Morgan fingerprint density at radius 1 is 1.38 bits per heavy atom. The van der Waals surface area contributed by atoms with Gasteiger partial charge in [-0.2, -0.15) is 0 Å². The molecular weight excluding hydrogens is 332 g/mol. The third-order valence-corrected chi connectivity index (χ3v) is 4.66. The first-order valence-corrected chi connectivity index (χ1v) is 8.79. The first kappa shape index (κ1) is 18.1. The number of piperidine rings is 1. The van der Waals surface area contributed by atoms with E-state index in [0.717, 1.165) is 11.3 Å². The summed E-state index contributed by atoms with van der Waals surface area (Å²) in [6, 6.07) is 7.90. The van der Waals surface area contributed by atoms with Gasteiger partial charge in [0.1, 0.15) is 0 Å². The molecule has 1 aromatic heterocycles. The lowest BCUT2D eigenvalue weighted by Gasteiger charge is -2.31. The van der Waals surface area contributed by atoms with Gasteiger partial charge in [-0.15, -0.1) is 0 Å². The van der Waals surface area contributed by atoms with E-state index in [1.54, 1.807) is 24.5 Å². The summed E-state index contributed by atoms with van der Waals surface area (Å²) in [5.41, 5.74) is 2.01. The molecule has 0 aliphatic carbocycles. The molecule has 1 aliphatic rings. The number of hydrogen-bond donors (Lipinski definition) is 1. The number of rotatable bonds is 7. The van der Waals surface area contributed by atoms with E-state index in [4.69, 9.17) is 4.74 Å². The normalized spacial score (nSPS) is 17.3. The largest absolute Gasteiger partial charge is 0.383 e. The Kier molecular flexibility index (Phi) is 6.01. The Hall–Kier alpha value is -2.67. The molecule has 1 unspecified atom stereocenters. The summed E-state index contributed by atoms with van der Waals surface area (Å²) in [5.74, 6) is -0.0955. The van der Waals surface area contributed by atoms with Gasteiger partial charge in [-0.1, -0.05) is 18.2 Å². The molecule has 2 amide bonds. The highest BCUT2D eigenvalue weighted by molar-refractivity contribution is 5.83. The van der Waals surface area contributed by atoms with Gasteiger partial charge >= 0.3 is 0 Å². The van der Waals surface area contributed by atoms with Gasteiger partial charge in [0.2, 0.25) is 11.8 Å². The monoisotopic (exact) mass is 356 g/mol. The van der Waals surface area contributed by atoms with E-state index in [2.05, 4.69) is 10.3 Å². The van der Waals surface area contributed by atoms with Crippen LogP contribution in [0.5, 0.6) is 0 Å². The van der Waals surface area contributed by atoms with Crippen LogP contribution in [0.1, 0.15) is 18.4 Å². The van der Waals surface area contributed by atoms with Crippen LogP contribution in [0.2, 0.25) is 0 Å². The Bertz CT molecular complexity index is 745. The van der Waals surface area contributed by atoms with Crippen molar-refractivity contribution in [2.24, 2.45) is 5.92 Å². The number of amides is 2. The van der Waals surface area contributed by atoms with Gasteiger partial charge in [0, 0.05) is 45.6 Å². The van der Waals surface area contributed by atoms with Gasteiger partial charge in [-0.05, 0) is 18.1 Å². The van der Waals surface area contributed by atoms with Crippen LogP contribution in [0.25, 0.3) is 5.69 Å². The molecule has 1 aliphatic heterocycles. The van der Waals surface area contributed by atoms with Crippen LogP contribution in [0, 0.1) is 5.92 Å². The Morgan fingerprint density at radius 3 is 3.00 bits per heavy atom. The second kappa shape index (κ2) is 8.62. The highest BCUT2D eigenvalue weighted by Gasteiger charge is 2.29. The molecule has 1 saturated heterocycles. The van der Waals surface area contributed by atoms with Gasteiger partial charge < -0.3 is 19.5 Å². The minimum Gasteiger partial charge on any atom is -0.383 e. The number of imidazole rings is 1. The summed E-state index contributed by atoms with van der Waals surface area (Å²) < 4.78 is 6.96. The lowest BCUT2D eigenvalue weighted by atomic mass is 9.96. The van der Waals surface area contributed by atoms with Crippen molar-refractivity contribution >= 4 is 11.8 Å². The number of ether oxygens (including phenoxy) is 1. The first-order valence-electron chi connectivity index (χ1n) is 8.79. The molecule has 2 heterocycles. The predicted octanol–water partition coefficient (Wildman–Crippen LogP) is 1.37. The molecule has 0 radical (unpaired) electrons. The summed E-state index contributed by atoms with van der Waals surface area (Å²) in [5, 5.41) is 3.02. The van der Waals surface area contributed by atoms with Crippen molar-refractivity contribution in [1.82, 2.24) is 19.8 Å². The van der Waals surface area contributed by atoms with Crippen LogP contribution >= 0.6 is 0 Å². The molecule has 7 heteroatoms. The van der Waals surface area contributed by atoms with Crippen LogP contribution in [0.4, 0.5) is 0 Å². The van der Waals surface area contributed by atoms with Crippen molar-refractivity contribution in [3.05, 3.63) is 48.5 Å². The highest BCUT2D eigenvalue weighted by Crippen LogP contribution is 2.19. The van der Waals surface area contributed by atoms with E-state index in [0.29, 0.717) is 39.1 Å². The van der Waals surface area contributed by atoms with Crippen LogP contribution in [0.15, 0.2) is 43.0 Å². The van der Waals surface area contributed by atoms with E-state index in [1.165, 1.54) is 0 Å². The predicted molar refractivity (Wildman–Crippen MR) is 96.6 cm³/mol. The third kappa shape index (κ3) is 4.29. The maximum Gasteiger partial charge on any atom is 0.225 e. The van der Waals surface area contributed by atoms with Crippen molar-refractivity contribution < 1.29 is 14.3 Å². The standard InChI is InChI=1S/C19H24N4O3/c1-26-11-10-22-13-16(6-7-18(22)24)19(25)21-12-15-4-2-3-5-17(15)23-9-8-20-14-23/h2-5,8-9,14,16H,6-7,10-13H2,1H3,(H,21,25). The van der Waals surface area contributed by atoms with Crippen LogP contribution in [-0.2, 0) is 20.9 Å². The van der Waals surface area contributed by atoms with E-state index >= 15 is 0 Å². The zero-order chi connectivity index (χ0) is 18.4. The average Bonchev–Trinajstić information content (AvgIpc) is 3.20. The number of para-hydroxylation sites is 1. The smallest absolute Gasteiger partial charge is 0.225 e. The van der Waals surface area contributed by atoms with Crippen molar-refractivity contribution in [1.29, 1.82) is 0 Å². The fourth-order valence-electron chi connectivity index (χ4n) is 3.19. The van der Waals surface area contributed by atoms with E-state index in [-0.39, 0.29) is 17.7 Å². The zero-order valence-corrected chi connectivity index (χ0v) is 14.9. The molecule has 2 aromatic rings. The number of nitrogens with zero attached hydrogens (tertiary/aromatic N) is 3. The molecule has 1 aromatic carbocycles. The SMILES string of the molecule is COCCN1CC(C(=O)NCc2ccccc2-n2ccnc2)CCC1=O.